The second kappa shape index (κ2) is 9.16. The minimum absolute atomic E-state index is 0.160. The molecular weight excluding hydrogens is 394 g/mol. The van der Waals surface area contributed by atoms with E-state index in [9.17, 15) is 9.59 Å². The highest BCUT2D eigenvalue weighted by Crippen LogP contribution is 2.27. The fourth-order valence-electron chi connectivity index (χ4n) is 3.29. The quantitative estimate of drug-likeness (QED) is 0.591. The van der Waals surface area contributed by atoms with Gasteiger partial charge in [-0.2, -0.15) is 5.10 Å². The first-order valence-electron chi connectivity index (χ1n) is 10.3. The van der Waals surface area contributed by atoms with Crippen LogP contribution in [0.5, 0.6) is 5.75 Å². The number of hydrazine groups is 1. The van der Waals surface area contributed by atoms with Crippen LogP contribution in [0, 0.1) is 13.8 Å². The van der Waals surface area contributed by atoms with Crippen molar-refractivity contribution < 1.29 is 14.3 Å². The van der Waals surface area contributed by atoms with Gasteiger partial charge in [-0.25, -0.2) is 9.67 Å². The van der Waals surface area contributed by atoms with Crippen LogP contribution in [-0.4, -0.2) is 33.2 Å². The third kappa shape index (κ3) is 5.02. The molecule has 0 bridgehead atoms. The number of fused-ring (bicyclic) bond motifs is 1. The van der Waals surface area contributed by atoms with Gasteiger partial charge in [-0.15, -0.1) is 0 Å². The summed E-state index contributed by atoms with van der Waals surface area (Å²) in [7, 11) is 0. The first kappa shape index (κ1) is 22.3. The molecule has 2 amide bonds. The zero-order valence-corrected chi connectivity index (χ0v) is 18.8. The van der Waals surface area contributed by atoms with Gasteiger partial charge < -0.3 is 4.74 Å². The summed E-state index contributed by atoms with van der Waals surface area (Å²) in [5, 5.41) is 5.09. The Morgan fingerprint density at radius 1 is 1.10 bits per heavy atom. The number of aryl methyl sites for hydroxylation is 2. The van der Waals surface area contributed by atoms with Crippen LogP contribution in [-0.2, 0) is 4.79 Å². The van der Waals surface area contributed by atoms with Crippen molar-refractivity contribution in [2.24, 2.45) is 0 Å². The van der Waals surface area contributed by atoms with Crippen LogP contribution in [0.15, 0.2) is 30.5 Å². The Kier molecular flexibility index (Phi) is 6.58. The molecule has 8 heteroatoms. The lowest BCUT2D eigenvalue weighted by Gasteiger charge is -2.15. The van der Waals surface area contributed by atoms with Gasteiger partial charge in [0.05, 0.1) is 17.5 Å². The van der Waals surface area contributed by atoms with E-state index in [4.69, 9.17) is 4.74 Å². The molecule has 8 nitrogen and oxygen atoms in total. The number of rotatable bonds is 6. The number of hydrogen-bond donors (Lipinski definition) is 2. The molecule has 0 aliphatic heterocycles. The van der Waals surface area contributed by atoms with Crippen LogP contribution in [0.25, 0.3) is 11.0 Å². The Bertz CT molecular complexity index is 1120. The first-order valence-corrected chi connectivity index (χ1v) is 10.3. The SMILES string of the molecule is Cc1ccc(C(C)C)c(OCC(=O)NNC(=O)c2cc3cnn(C(C)C)c3nc2C)c1. The van der Waals surface area contributed by atoms with Crippen molar-refractivity contribution in [1.82, 2.24) is 25.6 Å². The first-order chi connectivity index (χ1) is 14.7. The highest BCUT2D eigenvalue weighted by Gasteiger charge is 2.16. The summed E-state index contributed by atoms with van der Waals surface area (Å²) >= 11 is 0. The van der Waals surface area contributed by atoms with Gasteiger partial charge in [0.25, 0.3) is 11.8 Å². The van der Waals surface area contributed by atoms with Gasteiger partial charge in [0.1, 0.15) is 5.75 Å². The van der Waals surface area contributed by atoms with Crippen LogP contribution in [0.1, 0.15) is 66.8 Å². The second-order valence-electron chi connectivity index (χ2n) is 8.20. The lowest BCUT2D eigenvalue weighted by Crippen LogP contribution is -2.44. The maximum Gasteiger partial charge on any atom is 0.276 e. The van der Waals surface area contributed by atoms with Gasteiger partial charge in [-0.05, 0) is 56.9 Å². The Balaban J connectivity index is 1.63. The molecule has 0 fully saturated rings. The van der Waals surface area contributed by atoms with Crippen molar-refractivity contribution in [3.8, 4) is 5.75 Å². The summed E-state index contributed by atoms with van der Waals surface area (Å²) in [6, 6.07) is 7.81. The number of nitrogens with zero attached hydrogens (tertiary/aromatic N) is 3. The van der Waals surface area contributed by atoms with E-state index in [0.717, 1.165) is 22.2 Å². The fourth-order valence-corrected chi connectivity index (χ4v) is 3.29. The molecule has 2 aromatic heterocycles. The number of nitrogens with one attached hydrogen (secondary N) is 2. The van der Waals surface area contributed by atoms with Crippen LogP contribution in [0.3, 0.4) is 0 Å². The lowest BCUT2D eigenvalue weighted by atomic mass is 10.0. The van der Waals surface area contributed by atoms with Gasteiger partial charge >= 0.3 is 0 Å². The molecule has 0 atom stereocenters. The van der Waals surface area contributed by atoms with Crippen LogP contribution in [0.2, 0.25) is 0 Å². The van der Waals surface area contributed by atoms with E-state index in [1.807, 2.05) is 39.0 Å². The van der Waals surface area contributed by atoms with E-state index >= 15 is 0 Å². The van der Waals surface area contributed by atoms with Crippen LogP contribution in [0.4, 0.5) is 0 Å². The van der Waals surface area contributed by atoms with Gasteiger partial charge in [-0.3, -0.25) is 20.4 Å². The van der Waals surface area contributed by atoms with Crippen molar-refractivity contribution in [3.63, 3.8) is 0 Å². The molecular formula is C23H29N5O3. The summed E-state index contributed by atoms with van der Waals surface area (Å²) in [6.07, 6.45) is 1.68. The molecule has 31 heavy (non-hydrogen) atoms. The Hall–Kier alpha value is -3.42. The standard InChI is InChI=1S/C23H29N5O3/c1-13(2)18-8-7-15(5)9-20(18)31-12-21(29)26-27-23(30)19-10-17-11-24-28(14(3)4)22(17)25-16(19)6/h7-11,13-14H,12H2,1-6H3,(H,26,29)(H,27,30). The largest absolute Gasteiger partial charge is 0.483 e. The van der Waals surface area contributed by atoms with Crippen molar-refractivity contribution in [3.05, 3.63) is 52.8 Å². The number of ether oxygens (including phenoxy) is 1. The molecule has 164 valence electrons. The van der Waals surface area contributed by atoms with Crippen molar-refractivity contribution in [2.45, 2.75) is 53.5 Å². The number of aromatic nitrogens is 3. The normalized spacial score (nSPS) is 11.2. The monoisotopic (exact) mass is 423 g/mol. The minimum atomic E-state index is -0.455. The van der Waals surface area contributed by atoms with Gasteiger partial charge in [0.2, 0.25) is 0 Å². The summed E-state index contributed by atoms with van der Waals surface area (Å²) in [5.74, 6) is 0.0350. The van der Waals surface area contributed by atoms with E-state index in [0.29, 0.717) is 17.0 Å². The van der Waals surface area contributed by atoms with E-state index in [1.54, 1.807) is 23.9 Å². The molecule has 3 aromatic rings. The van der Waals surface area contributed by atoms with E-state index in [1.165, 1.54) is 0 Å². The van der Waals surface area contributed by atoms with Crippen LogP contribution >= 0.6 is 0 Å². The van der Waals surface area contributed by atoms with E-state index in [2.05, 4.69) is 34.8 Å². The minimum Gasteiger partial charge on any atom is -0.483 e. The molecule has 2 N–H and O–H groups in total. The van der Waals surface area contributed by atoms with E-state index in [-0.39, 0.29) is 18.6 Å². The highest BCUT2D eigenvalue weighted by molar-refractivity contribution is 5.99. The zero-order chi connectivity index (χ0) is 22.7. The molecule has 0 unspecified atom stereocenters. The maximum absolute atomic E-state index is 12.6. The Labute approximate surface area is 182 Å². The topological polar surface area (TPSA) is 98.1 Å². The predicted octanol–water partition coefficient (Wildman–Crippen LogP) is 3.59. The van der Waals surface area contributed by atoms with Crippen molar-refractivity contribution in [2.75, 3.05) is 6.61 Å². The number of hydrogen-bond acceptors (Lipinski definition) is 5. The highest BCUT2D eigenvalue weighted by atomic mass is 16.5. The summed E-state index contributed by atoms with van der Waals surface area (Å²) < 4.78 is 7.50. The summed E-state index contributed by atoms with van der Waals surface area (Å²) in [5.41, 5.74) is 8.56. The molecule has 1 aromatic carbocycles. The molecule has 0 saturated carbocycles. The van der Waals surface area contributed by atoms with Gasteiger partial charge in [-0.1, -0.05) is 26.0 Å². The zero-order valence-electron chi connectivity index (χ0n) is 18.8. The maximum atomic E-state index is 12.6. The van der Waals surface area contributed by atoms with E-state index < -0.39 is 11.8 Å². The number of pyridine rings is 1. The molecule has 0 radical (unpaired) electrons. The molecule has 0 saturated heterocycles. The van der Waals surface area contributed by atoms with Gasteiger partial charge in [0, 0.05) is 11.4 Å². The number of amides is 2. The number of carbonyl (C=O) groups excluding carboxylic acids is 2. The molecule has 3 rings (SSSR count). The molecule has 0 aliphatic carbocycles. The Morgan fingerprint density at radius 3 is 2.52 bits per heavy atom. The van der Waals surface area contributed by atoms with Crippen molar-refractivity contribution in [1.29, 1.82) is 0 Å². The molecule has 2 heterocycles. The third-order valence-electron chi connectivity index (χ3n) is 4.96. The lowest BCUT2D eigenvalue weighted by molar-refractivity contribution is -0.123. The fraction of sp³-hybridized carbons (Fsp3) is 0.391. The average Bonchev–Trinajstić information content (AvgIpc) is 3.12. The second-order valence-corrected chi connectivity index (χ2v) is 8.20. The molecule has 0 spiro atoms. The average molecular weight is 424 g/mol. The Morgan fingerprint density at radius 2 is 1.84 bits per heavy atom. The molecule has 0 aliphatic rings. The third-order valence-corrected chi connectivity index (χ3v) is 4.96. The predicted molar refractivity (Wildman–Crippen MR) is 119 cm³/mol. The smallest absolute Gasteiger partial charge is 0.276 e. The van der Waals surface area contributed by atoms with Crippen LogP contribution < -0.4 is 15.6 Å². The summed E-state index contributed by atoms with van der Waals surface area (Å²) in [4.78, 5) is 29.3. The number of carbonyl (C=O) groups is 2. The summed E-state index contributed by atoms with van der Waals surface area (Å²) in [6.45, 7) is 11.7. The van der Waals surface area contributed by atoms with Gasteiger partial charge in [0.15, 0.2) is 12.3 Å². The number of benzene rings is 1. The van der Waals surface area contributed by atoms with Crippen molar-refractivity contribution >= 4 is 22.8 Å².